The summed E-state index contributed by atoms with van der Waals surface area (Å²) in [6.45, 7) is 0.309. The summed E-state index contributed by atoms with van der Waals surface area (Å²) in [7, 11) is 0. The number of nitrogens with zero attached hydrogens (tertiary/aromatic N) is 3. The Morgan fingerprint density at radius 1 is 1.07 bits per heavy atom. The minimum atomic E-state index is -4.89. The van der Waals surface area contributed by atoms with Crippen molar-refractivity contribution in [3.05, 3.63) is 112 Å². The van der Waals surface area contributed by atoms with Gasteiger partial charge in [0.05, 0.1) is 29.6 Å². The number of anilines is 1. The molecule has 5 rings (SSSR count). The maximum absolute atomic E-state index is 15.0. The van der Waals surface area contributed by atoms with Crippen molar-refractivity contribution in [2.24, 2.45) is 5.92 Å². The third-order valence-corrected chi connectivity index (χ3v) is 6.91. The van der Waals surface area contributed by atoms with Crippen LogP contribution in [0, 0.1) is 23.1 Å². The molecule has 1 aromatic heterocycles. The molecule has 0 aliphatic heterocycles. The van der Waals surface area contributed by atoms with Crippen molar-refractivity contribution in [1.29, 1.82) is 5.26 Å². The summed E-state index contributed by atoms with van der Waals surface area (Å²) in [6.07, 6.45) is -4.79. The molecular formula is C31H25F4N5O4. The lowest BCUT2D eigenvalue weighted by molar-refractivity contribution is -0.141. The van der Waals surface area contributed by atoms with Gasteiger partial charge >= 0.3 is 12.3 Å². The fourth-order valence-electron chi connectivity index (χ4n) is 4.48. The summed E-state index contributed by atoms with van der Waals surface area (Å²) in [5.74, 6) is -1.49. The average molecular weight is 608 g/mol. The monoisotopic (exact) mass is 607 g/mol. The quantitative estimate of drug-likeness (QED) is 0.178. The highest BCUT2D eigenvalue weighted by atomic mass is 19.4. The van der Waals surface area contributed by atoms with Gasteiger partial charge in [-0.2, -0.15) is 23.5 Å². The molecule has 0 saturated heterocycles. The Kier molecular flexibility index (Phi) is 8.64. The highest BCUT2D eigenvalue weighted by molar-refractivity contribution is 6.03. The van der Waals surface area contributed by atoms with E-state index in [-0.39, 0.29) is 17.9 Å². The minimum Gasteiger partial charge on any atom is -0.465 e. The minimum absolute atomic E-state index is 0.0546. The Morgan fingerprint density at radius 2 is 1.80 bits per heavy atom. The second-order valence-electron chi connectivity index (χ2n) is 10.2. The van der Waals surface area contributed by atoms with E-state index in [1.807, 2.05) is 6.07 Å². The van der Waals surface area contributed by atoms with Gasteiger partial charge < -0.3 is 20.5 Å². The average Bonchev–Trinajstić information content (AvgIpc) is 3.71. The number of alkyl halides is 3. The Morgan fingerprint density at radius 3 is 2.45 bits per heavy atom. The molecule has 0 bridgehead atoms. The topological polar surface area (TPSA) is 129 Å². The number of carboxylic acid groups (broad SMARTS) is 1. The van der Waals surface area contributed by atoms with E-state index in [1.165, 1.54) is 30.3 Å². The molecule has 1 aliphatic carbocycles. The van der Waals surface area contributed by atoms with Crippen LogP contribution in [0.4, 0.5) is 28.0 Å². The molecule has 9 nitrogen and oxygen atoms in total. The number of amides is 2. The number of halogens is 4. The number of rotatable bonds is 10. The van der Waals surface area contributed by atoms with E-state index in [1.54, 1.807) is 30.3 Å². The van der Waals surface area contributed by atoms with Crippen LogP contribution in [-0.4, -0.2) is 33.5 Å². The SMILES string of the molecule is N#Cc1ccc(C(OCC2CC2)c2ccc(F)c(NC(=O)c3cc(C(F)(F)F)nn3-c3cccc(CNC(=O)O)c3)c2)cc1. The first kappa shape index (κ1) is 30.2. The molecule has 1 aliphatic rings. The van der Waals surface area contributed by atoms with Crippen molar-refractivity contribution in [2.75, 3.05) is 11.9 Å². The van der Waals surface area contributed by atoms with Crippen molar-refractivity contribution >= 4 is 17.7 Å². The fourth-order valence-corrected chi connectivity index (χ4v) is 4.48. The van der Waals surface area contributed by atoms with Gasteiger partial charge in [-0.15, -0.1) is 0 Å². The molecule has 0 spiro atoms. The Labute approximate surface area is 248 Å². The molecule has 1 saturated carbocycles. The van der Waals surface area contributed by atoms with Crippen LogP contribution in [0.15, 0.2) is 72.8 Å². The lowest BCUT2D eigenvalue weighted by Crippen LogP contribution is -2.20. The summed E-state index contributed by atoms with van der Waals surface area (Å²) in [5, 5.41) is 26.1. The maximum atomic E-state index is 15.0. The third-order valence-electron chi connectivity index (χ3n) is 6.91. The van der Waals surface area contributed by atoms with E-state index in [2.05, 4.69) is 15.7 Å². The number of carbonyl (C=O) groups excluding carboxylic acids is 1. The van der Waals surface area contributed by atoms with E-state index in [9.17, 15) is 22.8 Å². The molecule has 1 atom stereocenters. The first-order valence-corrected chi connectivity index (χ1v) is 13.5. The number of aromatic nitrogens is 2. The summed E-state index contributed by atoms with van der Waals surface area (Å²) in [6, 6.07) is 19.0. The standard InChI is InChI=1S/C31H25F4N5O4/c32-24-11-10-22(28(44-17-19-4-5-19)21-8-6-18(15-36)7-9-21)13-25(24)38-29(41)26-14-27(31(33,34)35)39-40(26)23-3-1-2-20(12-23)16-37-30(42)43/h1-3,6-14,19,28,37H,4-5,16-17H2,(H,38,41)(H,42,43). The number of ether oxygens (including phenoxy) is 1. The van der Waals surface area contributed by atoms with Gasteiger partial charge in [0.2, 0.25) is 0 Å². The normalized spacial score (nSPS) is 13.6. The van der Waals surface area contributed by atoms with E-state index in [4.69, 9.17) is 15.1 Å². The van der Waals surface area contributed by atoms with Crippen molar-refractivity contribution in [3.63, 3.8) is 0 Å². The smallest absolute Gasteiger partial charge is 0.435 e. The van der Waals surface area contributed by atoms with Crippen LogP contribution in [-0.2, 0) is 17.5 Å². The number of carbonyl (C=O) groups is 2. The summed E-state index contributed by atoms with van der Waals surface area (Å²) in [5.41, 5.74) is -0.0894. The maximum Gasteiger partial charge on any atom is 0.435 e. The number of benzene rings is 3. The van der Waals surface area contributed by atoms with E-state index in [0.717, 1.165) is 23.6 Å². The molecule has 2 amide bonds. The molecule has 44 heavy (non-hydrogen) atoms. The van der Waals surface area contributed by atoms with Gasteiger partial charge in [0.1, 0.15) is 17.6 Å². The highest BCUT2D eigenvalue weighted by Gasteiger charge is 2.36. The summed E-state index contributed by atoms with van der Waals surface area (Å²) in [4.78, 5) is 24.3. The lowest BCUT2D eigenvalue weighted by Gasteiger charge is -2.20. The predicted molar refractivity (Wildman–Crippen MR) is 149 cm³/mol. The number of hydrogen-bond donors (Lipinski definition) is 3. The number of hydrogen-bond acceptors (Lipinski definition) is 5. The van der Waals surface area contributed by atoms with E-state index >= 15 is 4.39 Å². The molecule has 13 heteroatoms. The molecule has 1 heterocycles. The zero-order valence-corrected chi connectivity index (χ0v) is 22.9. The van der Waals surface area contributed by atoms with Gasteiger partial charge in [-0.3, -0.25) is 4.79 Å². The fraction of sp³-hybridized carbons (Fsp3) is 0.226. The van der Waals surface area contributed by atoms with Crippen molar-refractivity contribution in [1.82, 2.24) is 15.1 Å². The van der Waals surface area contributed by atoms with Gasteiger partial charge in [-0.25, -0.2) is 13.9 Å². The largest absolute Gasteiger partial charge is 0.465 e. The van der Waals surface area contributed by atoms with Crippen LogP contribution >= 0.6 is 0 Å². The molecule has 1 unspecified atom stereocenters. The van der Waals surface area contributed by atoms with Gasteiger partial charge in [0.25, 0.3) is 5.91 Å². The molecular weight excluding hydrogens is 582 g/mol. The van der Waals surface area contributed by atoms with Gasteiger partial charge in [0.15, 0.2) is 5.69 Å². The third kappa shape index (κ3) is 7.22. The first-order valence-electron chi connectivity index (χ1n) is 13.5. The van der Waals surface area contributed by atoms with Crippen LogP contribution in [0.25, 0.3) is 5.69 Å². The van der Waals surface area contributed by atoms with Gasteiger partial charge in [0, 0.05) is 12.6 Å². The van der Waals surface area contributed by atoms with Crippen LogP contribution in [0.5, 0.6) is 0 Å². The van der Waals surface area contributed by atoms with Crippen LogP contribution < -0.4 is 10.6 Å². The molecule has 1 fully saturated rings. The van der Waals surface area contributed by atoms with Crippen molar-refractivity contribution < 1.29 is 37.0 Å². The summed E-state index contributed by atoms with van der Waals surface area (Å²) < 4.78 is 62.9. The summed E-state index contributed by atoms with van der Waals surface area (Å²) >= 11 is 0. The van der Waals surface area contributed by atoms with Crippen molar-refractivity contribution in [3.8, 4) is 11.8 Å². The molecule has 0 radical (unpaired) electrons. The molecule has 3 N–H and O–H groups in total. The zero-order valence-electron chi connectivity index (χ0n) is 22.9. The first-order chi connectivity index (χ1) is 21.0. The van der Waals surface area contributed by atoms with Gasteiger partial charge in [-0.05, 0) is 71.8 Å². The second kappa shape index (κ2) is 12.6. The van der Waals surface area contributed by atoms with Crippen LogP contribution in [0.2, 0.25) is 0 Å². The molecule has 3 aromatic carbocycles. The second-order valence-corrected chi connectivity index (χ2v) is 10.2. The van der Waals surface area contributed by atoms with Crippen LogP contribution in [0.1, 0.15) is 57.4 Å². The molecule has 226 valence electrons. The van der Waals surface area contributed by atoms with Gasteiger partial charge in [-0.1, -0.05) is 30.3 Å². The molecule has 4 aromatic rings. The van der Waals surface area contributed by atoms with Crippen LogP contribution in [0.3, 0.4) is 0 Å². The van der Waals surface area contributed by atoms with E-state index < -0.39 is 41.5 Å². The van der Waals surface area contributed by atoms with E-state index in [0.29, 0.717) is 40.8 Å². The predicted octanol–water partition coefficient (Wildman–Crippen LogP) is 6.44. The lowest BCUT2D eigenvalue weighted by atomic mass is 9.99. The number of nitriles is 1. The Balaban J connectivity index is 1.47. The zero-order chi connectivity index (χ0) is 31.4. The van der Waals surface area contributed by atoms with Crippen molar-refractivity contribution in [2.45, 2.75) is 31.7 Å². The Bertz CT molecular complexity index is 1730. The number of nitrogens with one attached hydrogen (secondary N) is 2. The highest BCUT2D eigenvalue weighted by Crippen LogP contribution is 2.35. The Hall–Kier alpha value is -5.22.